The fraction of sp³-hybridized carbons (Fsp3) is 0.462. The zero-order chi connectivity index (χ0) is 16.0. The number of methoxy groups -OCH3 is 1. The Hall–Kier alpha value is -1.64. The standard InChI is InChI=1S/C13H20N2O5S/c1-3-15(7-4-8-16)21(18,19)12-6-5-10(14)9-11(12)13(17)20-2/h5-6,9,16H,3-4,7-8,14H2,1-2H3. The van der Waals surface area contributed by atoms with E-state index in [-0.39, 0.29) is 35.8 Å². The zero-order valence-corrected chi connectivity index (χ0v) is 12.9. The van der Waals surface area contributed by atoms with Crippen LogP contribution in [-0.2, 0) is 14.8 Å². The first kappa shape index (κ1) is 17.4. The average molecular weight is 316 g/mol. The molecule has 0 radical (unpaired) electrons. The molecular formula is C13H20N2O5S. The van der Waals surface area contributed by atoms with Crippen molar-refractivity contribution in [2.45, 2.75) is 18.2 Å². The second-order valence-corrected chi connectivity index (χ2v) is 6.23. The van der Waals surface area contributed by atoms with Crippen molar-refractivity contribution in [3.8, 4) is 0 Å². The zero-order valence-electron chi connectivity index (χ0n) is 12.1. The predicted octanol–water partition coefficient (Wildman–Crippen LogP) is 0.448. The van der Waals surface area contributed by atoms with E-state index in [0.717, 1.165) is 0 Å². The van der Waals surface area contributed by atoms with Crippen molar-refractivity contribution in [2.24, 2.45) is 0 Å². The Morgan fingerprint density at radius 3 is 2.62 bits per heavy atom. The minimum atomic E-state index is -3.86. The molecule has 118 valence electrons. The van der Waals surface area contributed by atoms with Crippen LogP contribution in [0.2, 0.25) is 0 Å². The Morgan fingerprint density at radius 1 is 1.43 bits per heavy atom. The van der Waals surface area contributed by atoms with E-state index < -0.39 is 16.0 Å². The SMILES string of the molecule is CCN(CCCO)S(=O)(=O)c1ccc(N)cc1C(=O)OC. The smallest absolute Gasteiger partial charge is 0.339 e. The Bertz CT molecular complexity index is 601. The molecule has 3 N–H and O–H groups in total. The molecule has 8 heteroatoms. The topological polar surface area (TPSA) is 110 Å². The van der Waals surface area contributed by atoms with Gasteiger partial charge in [-0.1, -0.05) is 6.92 Å². The normalized spacial score (nSPS) is 11.6. The van der Waals surface area contributed by atoms with Crippen LogP contribution >= 0.6 is 0 Å². The maximum Gasteiger partial charge on any atom is 0.339 e. The predicted molar refractivity (Wildman–Crippen MR) is 78.3 cm³/mol. The van der Waals surface area contributed by atoms with Gasteiger partial charge in [-0.15, -0.1) is 0 Å². The summed E-state index contributed by atoms with van der Waals surface area (Å²) in [5, 5.41) is 8.85. The summed E-state index contributed by atoms with van der Waals surface area (Å²) in [6.07, 6.45) is 0.315. The number of hydrogen-bond acceptors (Lipinski definition) is 6. The highest BCUT2D eigenvalue weighted by atomic mass is 32.2. The minimum Gasteiger partial charge on any atom is -0.465 e. The van der Waals surface area contributed by atoms with Crippen molar-refractivity contribution in [3.05, 3.63) is 23.8 Å². The summed E-state index contributed by atoms with van der Waals surface area (Å²) in [6, 6.07) is 3.98. The van der Waals surface area contributed by atoms with Crippen molar-refractivity contribution in [1.82, 2.24) is 4.31 Å². The molecule has 0 aliphatic carbocycles. The summed E-state index contributed by atoms with van der Waals surface area (Å²) in [5.41, 5.74) is 5.78. The van der Waals surface area contributed by atoms with E-state index in [1.165, 1.54) is 29.6 Å². The average Bonchev–Trinajstić information content (AvgIpc) is 2.46. The van der Waals surface area contributed by atoms with Crippen LogP contribution in [0.3, 0.4) is 0 Å². The van der Waals surface area contributed by atoms with Crippen LogP contribution in [0.25, 0.3) is 0 Å². The second-order valence-electron chi connectivity index (χ2n) is 4.32. The first-order valence-electron chi connectivity index (χ1n) is 6.47. The molecule has 0 saturated carbocycles. The first-order valence-corrected chi connectivity index (χ1v) is 7.91. The van der Waals surface area contributed by atoms with Gasteiger partial charge < -0.3 is 15.6 Å². The van der Waals surface area contributed by atoms with Gasteiger partial charge in [0.05, 0.1) is 17.6 Å². The fourth-order valence-electron chi connectivity index (χ4n) is 1.88. The van der Waals surface area contributed by atoms with Gasteiger partial charge in [-0.25, -0.2) is 13.2 Å². The number of sulfonamides is 1. The molecular weight excluding hydrogens is 296 g/mol. The van der Waals surface area contributed by atoms with E-state index in [9.17, 15) is 13.2 Å². The molecule has 1 rings (SSSR count). The number of anilines is 1. The number of nitrogen functional groups attached to an aromatic ring is 1. The molecule has 0 fully saturated rings. The molecule has 0 aliphatic heterocycles. The van der Waals surface area contributed by atoms with E-state index in [1.54, 1.807) is 6.92 Å². The largest absolute Gasteiger partial charge is 0.465 e. The van der Waals surface area contributed by atoms with Gasteiger partial charge in [0, 0.05) is 25.4 Å². The molecule has 0 unspecified atom stereocenters. The lowest BCUT2D eigenvalue weighted by atomic mass is 10.2. The van der Waals surface area contributed by atoms with Crippen molar-refractivity contribution in [2.75, 3.05) is 32.5 Å². The summed E-state index contributed by atoms with van der Waals surface area (Å²) in [5.74, 6) is -0.765. The van der Waals surface area contributed by atoms with Gasteiger partial charge >= 0.3 is 5.97 Å². The maximum absolute atomic E-state index is 12.6. The lowest BCUT2D eigenvalue weighted by Gasteiger charge is -2.21. The van der Waals surface area contributed by atoms with Crippen LogP contribution in [0.4, 0.5) is 5.69 Å². The number of nitrogens with two attached hydrogens (primary N) is 1. The van der Waals surface area contributed by atoms with E-state index in [2.05, 4.69) is 4.74 Å². The van der Waals surface area contributed by atoms with E-state index in [0.29, 0.717) is 6.42 Å². The molecule has 0 atom stereocenters. The molecule has 1 aromatic carbocycles. The Labute approximate surface area is 124 Å². The van der Waals surface area contributed by atoms with Crippen molar-refractivity contribution >= 4 is 21.7 Å². The third kappa shape index (κ3) is 3.93. The fourth-order valence-corrected chi connectivity index (χ4v) is 3.52. The van der Waals surface area contributed by atoms with Crippen LogP contribution in [0, 0.1) is 0 Å². The van der Waals surface area contributed by atoms with E-state index >= 15 is 0 Å². The number of aliphatic hydroxyl groups is 1. The molecule has 0 amide bonds. The molecule has 0 aromatic heterocycles. The van der Waals surface area contributed by atoms with Gasteiger partial charge in [-0.2, -0.15) is 4.31 Å². The number of benzene rings is 1. The van der Waals surface area contributed by atoms with Crippen LogP contribution in [-0.4, -0.2) is 50.6 Å². The molecule has 0 aliphatic rings. The van der Waals surface area contributed by atoms with Crippen molar-refractivity contribution in [1.29, 1.82) is 0 Å². The number of rotatable bonds is 7. The lowest BCUT2D eigenvalue weighted by Crippen LogP contribution is -2.33. The molecule has 1 aromatic rings. The monoisotopic (exact) mass is 316 g/mol. The van der Waals surface area contributed by atoms with Crippen LogP contribution in [0.15, 0.2) is 23.1 Å². The summed E-state index contributed by atoms with van der Waals surface area (Å²) in [6.45, 7) is 1.97. The molecule has 0 spiro atoms. The lowest BCUT2D eigenvalue weighted by molar-refractivity contribution is 0.0596. The maximum atomic E-state index is 12.6. The number of ether oxygens (including phenoxy) is 1. The Kier molecular flexibility index (Phi) is 6.13. The van der Waals surface area contributed by atoms with Crippen LogP contribution in [0.5, 0.6) is 0 Å². The van der Waals surface area contributed by atoms with Gasteiger partial charge in [0.25, 0.3) is 0 Å². The highest BCUT2D eigenvalue weighted by Crippen LogP contribution is 2.23. The highest BCUT2D eigenvalue weighted by molar-refractivity contribution is 7.89. The number of aliphatic hydroxyl groups excluding tert-OH is 1. The summed E-state index contributed by atoms with van der Waals surface area (Å²) < 4.78 is 31.0. The van der Waals surface area contributed by atoms with Crippen molar-refractivity contribution in [3.63, 3.8) is 0 Å². The van der Waals surface area contributed by atoms with Gasteiger partial charge in [0.1, 0.15) is 0 Å². The number of hydrogen-bond donors (Lipinski definition) is 2. The summed E-state index contributed by atoms with van der Waals surface area (Å²) in [7, 11) is -2.69. The molecule has 21 heavy (non-hydrogen) atoms. The third-order valence-corrected chi connectivity index (χ3v) is 4.98. The minimum absolute atomic E-state index is 0.0973. The van der Waals surface area contributed by atoms with Gasteiger partial charge in [0.15, 0.2) is 0 Å². The Morgan fingerprint density at radius 2 is 2.10 bits per heavy atom. The summed E-state index contributed by atoms with van der Waals surface area (Å²) in [4.78, 5) is 11.6. The van der Waals surface area contributed by atoms with Gasteiger partial charge in [0.2, 0.25) is 10.0 Å². The molecule has 7 nitrogen and oxygen atoms in total. The summed E-state index contributed by atoms with van der Waals surface area (Å²) >= 11 is 0. The van der Waals surface area contributed by atoms with Crippen molar-refractivity contribution < 1.29 is 23.1 Å². The van der Waals surface area contributed by atoms with Crippen LogP contribution in [0.1, 0.15) is 23.7 Å². The highest BCUT2D eigenvalue weighted by Gasteiger charge is 2.28. The Balaban J connectivity index is 3.33. The molecule has 0 saturated heterocycles. The number of carbonyl (C=O) groups is 1. The van der Waals surface area contributed by atoms with E-state index in [1.807, 2.05) is 0 Å². The molecule has 0 bridgehead atoms. The third-order valence-electron chi connectivity index (χ3n) is 2.95. The van der Waals surface area contributed by atoms with Gasteiger partial charge in [-0.3, -0.25) is 0 Å². The second kappa shape index (κ2) is 7.39. The van der Waals surface area contributed by atoms with Crippen LogP contribution < -0.4 is 5.73 Å². The first-order chi connectivity index (χ1) is 9.88. The van der Waals surface area contributed by atoms with Gasteiger partial charge in [-0.05, 0) is 24.6 Å². The van der Waals surface area contributed by atoms with E-state index in [4.69, 9.17) is 10.8 Å². The quantitative estimate of drug-likeness (QED) is 0.558. The number of carbonyl (C=O) groups excluding carboxylic acids is 1. The number of nitrogens with zero attached hydrogens (tertiary/aromatic N) is 1. The molecule has 0 heterocycles. The number of esters is 1.